The Bertz CT molecular complexity index is 1630. The molecule has 0 aliphatic carbocycles. The molecule has 42 heavy (non-hydrogen) atoms. The number of para-hydroxylation sites is 1. The molecule has 2 amide bonds. The van der Waals surface area contributed by atoms with Crippen LogP contribution in [0.15, 0.2) is 102 Å². The van der Waals surface area contributed by atoms with Gasteiger partial charge in [0.25, 0.3) is 5.91 Å². The molecule has 214 valence electrons. The predicted molar refractivity (Wildman–Crippen MR) is 154 cm³/mol. The van der Waals surface area contributed by atoms with Crippen LogP contribution >= 0.6 is 0 Å². The zero-order chi connectivity index (χ0) is 29.8. The molecule has 1 heterocycles. The van der Waals surface area contributed by atoms with E-state index in [1.165, 1.54) is 42.3 Å². The lowest BCUT2D eigenvalue weighted by molar-refractivity contribution is -0.128. The first-order valence-corrected chi connectivity index (χ1v) is 13.3. The number of aliphatic imine (C=N–C) groups is 1. The standard InChI is InChI=1S/C33H28F3N3O3/c1-39-28-11-7-6-10-24(28)30(21-8-4-3-5-9-21)37-31(33(39)41)38-32(40)29(20-12-15-23(34)16-13-20)25(19-42-2)22-14-17-26(35)27(36)18-22/h3-18,25,29,31H,19H2,1-2H3,(H,38,40)/t25-,29?,31?/m0/s1. The number of rotatable bonds is 8. The van der Waals surface area contributed by atoms with Crippen molar-refractivity contribution in [2.24, 2.45) is 4.99 Å². The molecule has 4 aromatic rings. The SMILES string of the molecule is COC[C@@H](c1ccc(F)c(F)c1)C(C(=O)NC1N=C(c2ccccc2)c2ccccc2N(C)C1=O)c1ccc(F)cc1. The summed E-state index contributed by atoms with van der Waals surface area (Å²) in [5, 5.41) is 2.79. The molecule has 6 nitrogen and oxygen atoms in total. The van der Waals surface area contributed by atoms with Gasteiger partial charge in [0.05, 0.1) is 23.9 Å². The third-order valence-corrected chi connectivity index (χ3v) is 7.30. The van der Waals surface area contributed by atoms with Gasteiger partial charge in [0.2, 0.25) is 12.1 Å². The lowest BCUT2D eigenvalue weighted by atomic mass is 9.81. The minimum atomic E-state index is -1.32. The molecule has 0 radical (unpaired) electrons. The van der Waals surface area contributed by atoms with E-state index in [0.29, 0.717) is 28.1 Å². The number of carbonyl (C=O) groups is 2. The summed E-state index contributed by atoms with van der Waals surface area (Å²) in [5.41, 5.74) is 3.29. The fourth-order valence-corrected chi connectivity index (χ4v) is 5.21. The number of benzodiazepines with no additional fused rings is 1. The molecule has 1 aliphatic rings. The molecule has 9 heteroatoms. The Morgan fingerprint density at radius 3 is 2.26 bits per heavy atom. The number of nitrogens with zero attached hydrogens (tertiary/aromatic N) is 2. The summed E-state index contributed by atoms with van der Waals surface area (Å²) in [6, 6.07) is 25.3. The van der Waals surface area contributed by atoms with E-state index in [-0.39, 0.29) is 6.61 Å². The Balaban J connectivity index is 1.59. The van der Waals surface area contributed by atoms with Crippen molar-refractivity contribution in [3.05, 3.63) is 137 Å². The maximum atomic E-state index is 14.3. The van der Waals surface area contributed by atoms with Gasteiger partial charge in [-0.05, 0) is 41.5 Å². The third-order valence-electron chi connectivity index (χ3n) is 7.30. The number of likely N-dealkylation sites (N-methyl/N-ethyl adjacent to an activating group) is 1. The van der Waals surface area contributed by atoms with Crippen molar-refractivity contribution < 1.29 is 27.5 Å². The zero-order valence-corrected chi connectivity index (χ0v) is 22.9. The Labute approximate surface area is 241 Å². The summed E-state index contributed by atoms with van der Waals surface area (Å²) in [7, 11) is 3.03. The Morgan fingerprint density at radius 1 is 0.905 bits per heavy atom. The van der Waals surface area contributed by atoms with Crippen LogP contribution in [0.1, 0.15) is 34.1 Å². The van der Waals surface area contributed by atoms with Crippen molar-refractivity contribution in [2.45, 2.75) is 18.0 Å². The van der Waals surface area contributed by atoms with E-state index < -0.39 is 47.3 Å². The number of benzene rings is 4. The number of methoxy groups -OCH3 is 1. The summed E-state index contributed by atoms with van der Waals surface area (Å²) >= 11 is 0. The van der Waals surface area contributed by atoms with Crippen LogP contribution in [0.5, 0.6) is 0 Å². The summed E-state index contributed by atoms with van der Waals surface area (Å²) in [6.07, 6.45) is -1.32. The molecule has 0 bridgehead atoms. The summed E-state index contributed by atoms with van der Waals surface area (Å²) in [6.45, 7) is -0.0526. The summed E-state index contributed by atoms with van der Waals surface area (Å²) < 4.78 is 47.4. The van der Waals surface area contributed by atoms with Gasteiger partial charge in [-0.25, -0.2) is 18.2 Å². The first-order chi connectivity index (χ1) is 20.3. The Kier molecular flexibility index (Phi) is 8.49. The lowest BCUT2D eigenvalue weighted by Crippen LogP contribution is -2.48. The number of anilines is 1. The fraction of sp³-hybridized carbons (Fsp3) is 0.182. The van der Waals surface area contributed by atoms with Crippen LogP contribution in [0.2, 0.25) is 0 Å². The predicted octanol–water partition coefficient (Wildman–Crippen LogP) is 5.57. The molecule has 1 N–H and O–H groups in total. The highest BCUT2D eigenvalue weighted by atomic mass is 19.2. The number of ether oxygens (including phenoxy) is 1. The van der Waals surface area contributed by atoms with Gasteiger partial charge in [0, 0.05) is 31.2 Å². The van der Waals surface area contributed by atoms with Gasteiger partial charge in [-0.3, -0.25) is 9.59 Å². The van der Waals surface area contributed by atoms with Gasteiger partial charge in [-0.2, -0.15) is 0 Å². The Hall–Kier alpha value is -4.76. The van der Waals surface area contributed by atoms with Gasteiger partial charge in [-0.15, -0.1) is 0 Å². The van der Waals surface area contributed by atoms with Crippen molar-refractivity contribution in [1.29, 1.82) is 0 Å². The van der Waals surface area contributed by atoms with Gasteiger partial charge >= 0.3 is 0 Å². The van der Waals surface area contributed by atoms with Crippen molar-refractivity contribution in [3.8, 4) is 0 Å². The molecular formula is C33H28F3N3O3. The molecule has 0 aromatic heterocycles. The van der Waals surface area contributed by atoms with Crippen LogP contribution in [-0.4, -0.2) is 44.5 Å². The van der Waals surface area contributed by atoms with E-state index >= 15 is 0 Å². The highest BCUT2D eigenvalue weighted by Crippen LogP contribution is 2.35. The normalized spacial score (nSPS) is 16.2. The van der Waals surface area contributed by atoms with Crippen LogP contribution in [0, 0.1) is 17.5 Å². The first kappa shape index (κ1) is 28.8. The van der Waals surface area contributed by atoms with Crippen LogP contribution in [0.4, 0.5) is 18.9 Å². The van der Waals surface area contributed by atoms with E-state index in [1.807, 2.05) is 48.5 Å². The smallest absolute Gasteiger partial charge is 0.272 e. The van der Waals surface area contributed by atoms with Gasteiger partial charge < -0.3 is 15.0 Å². The molecule has 5 rings (SSSR count). The van der Waals surface area contributed by atoms with Crippen molar-refractivity contribution >= 4 is 23.2 Å². The molecule has 2 unspecified atom stereocenters. The van der Waals surface area contributed by atoms with Gasteiger partial charge in [-0.1, -0.05) is 66.7 Å². The van der Waals surface area contributed by atoms with E-state index in [4.69, 9.17) is 9.73 Å². The largest absolute Gasteiger partial charge is 0.384 e. The fourth-order valence-electron chi connectivity index (χ4n) is 5.21. The quantitative estimate of drug-likeness (QED) is 0.301. The number of halogens is 3. The van der Waals surface area contributed by atoms with Crippen LogP contribution in [-0.2, 0) is 14.3 Å². The number of fused-ring (bicyclic) bond motifs is 1. The average Bonchev–Trinajstić information content (AvgIpc) is 3.10. The number of amides is 2. The third kappa shape index (κ3) is 5.82. The second-order valence-corrected chi connectivity index (χ2v) is 9.93. The van der Waals surface area contributed by atoms with Gasteiger partial charge in [0.15, 0.2) is 11.6 Å². The molecule has 0 spiro atoms. The summed E-state index contributed by atoms with van der Waals surface area (Å²) in [4.78, 5) is 34.0. The number of nitrogens with one attached hydrogen (secondary N) is 1. The van der Waals surface area contributed by atoms with E-state index in [0.717, 1.165) is 17.7 Å². The second kappa shape index (κ2) is 12.4. The maximum absolute atomic E-state index is 14.3. The molecule has 1 aliphatic heterocycles. The topological polar surface area (TPSA) is 71.0 Å². The van der Waals surface area contributed by atoms with Crippen molar-refractivity contribution in [1.82, 2.24) is 5.32 Å². The molecule has 4 aromatic carbocycles. The molecular weight excluding hydrogens is 543 g/mol. The van der Waals surface area contributed by atoms with Crippen LogP contribution in [0.3, 0.4) is 0 Å². The highest BCUT2D eigenvalue weighted by molar-refractivity contribution is 6.20. The number of carbonyl (C=O) groups excluding carboxylic acids is 2. The second-order valence-electron chi connectivity index (χ2n) is 9.93. The average molecular weight is 572 g/mol. The number of hydrogen-bond donors (Lipinski definition) is 1. The molecule has 3 atom stereocenters. The molecule has 0 fully saturated rings. The Morgan fingerprint density at radius 2 is 1.57 bits per heavy atom. The maximum Gasteiger partial charge on any atom is 0.272 e. The lowest BCUT2D eigenvalue weighted by Gasteiger charge is -2.28. The number of hydrogen-bond acceptors (Lipinski definition) is 4. The molecule has 0 saturated heterocycles. The minimum absolute atomic E-state index is 0.0526. The van der Waals surface area contributed by atoms with Gasteiger partial charge in [0.1, 0.15) is 5.82 Å². The first-order valence-electron chi connectivity index (χ1n) is 13.3. The van der Waals surface area contributed by atoms with E-state index in [1.54, 1.807) is 13.1 Å². The minimum Gasteiger partial charge on any atom is -0.384 e. The van der Waals surface area contributed by atoms with Crippen LogP contribution < -0.4 is 10.2 Å². The highest BCUT2D eigenvalue weighted by Gasteiger charge is 2.36. The molecule has 0 saturated carbocycles. The summed E-state index contributed by atoms with van der Waals surface area (Å²) in [5.74, 6) is -5.62. The van der Waals surface area contributed by atoms with E-state index in [2.05, 4.69) is 5.32 Å². The van der Waals surface area contributed by atoms with Crippen LogP contribution in [0.25, 0.3) is 0 Å². The van der Waals surface area contributed by atoms with E-state index in [9.17, 15) is 22.8 Å². The van der Waals surface area contributed by atoms with Crippen molar-refractivity contribution in [2.75, 3.05) is 25.7 Å². The van der Waals surface area contributed by atoms with Crippen molar-refractivity contribution in [3.63, 3.8) is 0 Å². The zero-order valence-electron chi connectivity index (χ0n) is 22.9. The monoisotopic (exact) mass is 571 g/mol.